The van der Waals surface area contributed by atoms with Crippen molar-refractivity contribution >= 4 is 18.2 Å². The molecular formula is C10H17ClN4. The SMILES string of the molecule is Cc1nccnc1N1CCNCC1C.Cl. The van der Waals surface area contributed by atoms with Crippen LogP contribution in [0.4, 0.5) is 5.82 Å². The quantitative estimate of drug-likeness (QED) is 0.779. The number of piperazine rings is 1. The molecular weight excluding hydrogens is 212 g/mol. The summed E-state index contributed by atoms with van der Waals surface area (Å²) in [5, 5.41) is 3.36. The first-order valence-electron chi connectivity index (χ1n) is 5.04. The molecule has 15 heavy (non-hydrogen) atoms. The fourth-order valence-corrected chi connectivity index (χ4v) is 1.84. The van der Waals surface area contributed by atoms with Crippen molar-refractivity contribution in [2.24, 2.45) is 0 Å². The molecule has 1 atom stereocenters. The lowest BCUT2D eigenvalue weighted by atomic mass is 10.2. The van der Waals surface area contributed by atoms with Gasteiger partial charge in [0.25, 0.3) is 0 Å². The Morgan fingerprint density at radius 1 is 1.40 bits per heavy atom. The van der Waals surface area contributed by atoms with Crippen molar-refractivity contribution < 1.29 is 0 Å². The van der Waals surface area contributed by atoms with Gasteiger partial charge in [-0.15, -0.1) is 12.4 Å². The summed E-state index contributed by atoms with van der Waals surface area (Å²) >= 11 is 0. The number of aromatic nitrogens is 2. The molecule has 2 heterocycles. The van der Waals surface area contributed by atoms with E-state index in [1.807, 2.05) is 6.92 Å². The largest absolute Gasteiger partial charge is 0.350 e. The number of hydrogen-bond donors (Lipinski definition) is 1. The molecule has 0 aliphatic carbocycles. The van der Waals surface area contributed by atoms with E-state index in [2.05, 4.69) is 27.1 Å². The van der Waals surface area contributed by atoms with Crippen LogP contribution in [0.2, 0.25) is 0 Å². The smallest absolute Gasteiger partial charge is 0.150 e. The maximum absolute atomic E-state index is 4.39. The monoisotopic (exact) mass is 228 g/mol. The maximum atomic E-state index is 4.39. The third-order valence-corrected chi connectivity index (χ3v) is 2.63. The zero-order valence-electron chi connectivity index (χ0n) is 9.10. The summed E-state index contributed by atoms with van der Waals surface area (Å²) in [7, 11) is 0. The van der Waals surface area contributed by atoms with E-state index in [1.165, 1.54) is 0 Å². The Bertz CT molecular complexity index is 318. The minimum Gasteiger partial charge on any atom is -0.350 e. The predicted octanol–water partition coefficient (Wildman–Crippen LogP) is 1.00. The number of anilines is 1. The van der Waals surface area contributed by atoms with E-state index in [0.717, 1.165) is 31.1 Å². The molecule has 1 aliphatic rings. The maximum Gasteiger partial charge on any atom is 0.150 e. The number of aryl methyl sites for hydroxylation is 1. The van der Waals surface area contributed by atoms with Crippen molar-refractivity contribution in [1.29, 1.82) is 0 Å². The molecule has 2 rings (SSSR count). The highest BCUT2D eigenvalue weighted by Gasteiger charge is 2.20. The van der Waals surface area contributed by atoms with Crippen LogP contribution in [0.3, 0.4) is 0 Å². The van der Waals surface area contributed by atoms with Gasteiger partial charge in [0.1, 0.15) is 5.82 Å². The second-order valence-electron chi connectivity index (χ2n) is 3.71. The van der Waals surface area contributed by atoms with E-state index in [-0.39, 0.29) is 12.4 Å². The van der Waals surface area contributed by atoms with Crippen LogP contribution in [0.25, 0.3) is 0 Å². The van der Waals surface area contributed by atoms with Crippen molar-refractivity contribution in [3.05, 3.63) is 18.1 Å². The lowest BCUT2D eigenvalue weighted by Crippen LogP contribution is -2.50. The van der Waals surface area contributed by atoms with Crippen LogP contribution in [0, 0.1) is 6.92 Å². The molecule has 1 aromatic rings. The summed E-state index contributed by atoms with van der Waals surface area (Å²) in [4.78, 5) is 11.0. The zero-order chi connectivity index (χ0) is 9.97. The Balaban J connectivity index is 0.00000112. The number of nitrogens with zero attached hydrogens (tertiary/aromatic N) is 3. The summed E-state index contributed by atoms with van der Waals surface area (Å²) in [5.74, 6) is 1.03. The molecule has 84 valence electrons. The Labute approximate surface area is 96.5 Å². The van der Waals surface area contributed by atoms with Crippen LogP contribution in [-0.4, -0.2) is 35.6 Å². The normalized spacial score (nSPS) is 20.9. The van der Waals surface area contributed by atoms with Gasteiger partial charge in [0.05, 0.1) is 5.69 Å². The first kappa shape index (κ1) is 12.2. The number of nitrogens with one attached hydrogen (secondary N) is 1. The minimum atomic E-state index is 0. The molecule has 4 nitrogen and oxygen atoms in total. The molecule has 1 aromatic heterocycles. The molecule has 0 radical (unpaired) electrons. The van der Waals surface area contributed by atoms with E-state index in [1.54, 1.807) is 12.4 Å². The second-order valence-corrected chi connectivity index (χ2v) is 3.71. The summed E-state index contributed by atoms with van der Waals surface area (Å²) in [5.41, 5.74) is 1.02. The molecule has 1 unspecified atom stereocenters. The molecule has 0 saturated carbocycles. The highest BCUT2D eigenvalue weighted by atomic mass is 35.5. The van der Waals surface area contributed by atoms with Crippen molar-refractivity contribution in [2.45, 2.75) is 19.9 Å². The molecule has 0 bridgehead atoms. The Hall–Kier alpha value is -0.870. The number of hydrogen-bond acceptors (Lipinski definition) is 4. The van der Waals surface area contributed by atoms with Crippen LogP contribution in [0.15, 0.2) is 12.4 Å². The highest BCUT2D eigenvalue weighted by molar-refractivity contribution is 5.85. The van der Waals surface area contributed by atoms with Crippen LogP contribution in [0.1, 0.15) is 12.6 Å². The number of halogens is 1. The number of rotatable bonds is 1. The van der Waals surface area contributed by atoms with Crippen LogP contribution in [0.5, 0.6) is 0 Å². The Morgan fingerprint density at radius 3 is 2.80 bits per heavy atom. The molecule has 1 saturated heterocycles. The highest BCUT2D eigenvalue weighted by Crippen LogP contribution is 2.17. The van der Waals surface area contributed by atoms with Gasteiger partial charge in [0.15, 0.2) is 0 Å². The van der Waals surface area contributed by atoms with Crippen molar-refractivity contribution in [1.82, 2.24) is 15.3 Å². The van der Waals surface area contributed by atoms with Crippen molar-refractivity contribution in [3.8, 4) is 0 Å². The molecule has 5 heteroatoms. The summed E-state index contributed by atoms with van der Waals surface area (Å²) in [6.45, 7) is 7.29. The average molecular weight is 229 g/mol. The van der Waals surface area contributed by atoms with Gasteiger partial charge in [-0.25, -0.2) is 4.98 Å². The fraction of sp³-hybridized carbons (Fsp3) is 0.600. The molecule has 1 aliphatic heterocycles. The zero-order valence-corrected chi connectivity index (χ0v) is 9.92. The minimum absolute atomic E-state index is 0. The van der Waals surface area contributed by atoms with Crippen LogP contribution in [-0.2, 0) is 0 Å². The van der Waals surface area contributed by atoms with E-state index >= 15 is 0 Å². The van der Waals surface area contributed by atoms with Gasteiger partial charge in [0.2, 0.25) is 0 Å². The standard InChI is InChI=1S/C10H16N4.ClH/c1-8-7-11-5-6-14(8)10-9(2)12-3-4-13-10;/h3-4,8,11H,5-7H2,1-2H3;1H. The van der Waals surface area contributed by atoms with Gasteiger partial charge in [-0.3, -0.25) is 4.98 Å². The lowest BCUT2D eigenvalue weighted by molar-refractivity contribution is 0.495. The summed E-state index contributed by atoms with van der Waals surface area (Å²) in [6.07, 6.45) is 3.50. The van der Waals surface area contributed by atoms with Gasteiger partial charge >= 0.3 is 0 Å². The third kappa shape index (κ3) is 2.58. The van der Waals surface area contributed by atoms with E-state index in [4.69, 9.17) is 0 Å². The van der Waals surface area contributed by atoms with Crippen molar-refractivity contribution in [2.75, 3.05) is 24.5 Å². The van der Waals surface area contributed by atoms with Crippen molar-refractivity contribution in [3.63, 3.8) is 0 Å². The molecule has 1 fully saturated rings. The van der Waals surface area contributed by atoms with Gasteiger partial charge in [-0.1, -0.05) is 0 Å². The fourth-order valence-electron chi connectivity index (χ4n) is 1.84. The average Bonchev–Trinajstić information content (AvgIpc) is 2.20. The Kier molecular flexibility index (Phi) is 4.29. The van der Waals surface area contributed by atoms with E-state index < -0.39 is 0 Å². The molecule has 0 amide bonds. The van der Waals surface area contributed by atoms with E-state index in [0.29, 0.717) is 6.04 Å². The van der Waals surface area contributed by atoms with E-state index in [9.17, 15) is 0 Å². The molecule has 0 spiro atoms. The van der Waals surface area contributed by atoms with Crippen LogP contribution >= 0.6 is 12.4 Å². The van der Waals surface area contributed by atoms with Gasteiger partial charge < -0.3 is 10.2 Å². The van der Waals surface area contributed by atoms with Crippen LogP contribution < -0.4 is 10.2 Å². The van der Waals surface area contributed by atoms with Gasteiger partial charge in [-0.2, -0.15) is 0 Å². The lowest BCUT2D eigenvalue weighted by Gasteiger charge is -2.35. The first-order chi connectivity index (χ1) is 6.79. The van der Waals surface area contributed by atoms with Gasteiger partial charge in [-0.05, 0) is 13.8 Å². The second kappa shape index (κ2) is 5.28. The third-order valence-electron chi connectivity index (χ3n) is 2.63. The molecule has 1 N–H and O–H groups in total. The summed E-state index contributed by atoms with van der Waals surface area (Å²) in [6, 6.07) is 0.499. The Morgan fingerprint density at radius 2 is 2.13 bits per heavy atom. The first-order valence-corrected chi connectivity index (χ1v) is 5.04. The topological polar surface area (TPSA) is 41.1 Å². The predicted molar refractivity (Wildman–Crippen MR) is 63.7 cm³/mol. The van der Waals surface area contributed by atoms with Gasteiger partial charge in [0, 0.05) is 38.1 Å². The molecule has 0 aromatic carbocycles. The summed E-state index contributed by atoms with van der Waals surface area (Å²) < 4.78 is 0.